The Morgan fingerprint density at radius 3 is 2.64 bits per heavy atom. The van der Waals surface area contributed by atoms with E-state index >= 15 is 0 Å². The summed E-state index contributed by atoms with van der Waals surface area (Å²) in [5, 5.41) is 0. The van der Waals surface area contributed by atoms with Crippen molar-refractivity contribution < 1.29 is 9.53 Å². The van der Waals surface area contributed by atoms with Crippen molar-refractivity contribution in [3.05, 3.63) is 0 Å². The molecule has 2 heteroatoms. The Morgan fingerprint density at radius 2 is 2.36 bits per heavy atom. The van der Waals surface area contributed by atoms with Crippen molar-refractivity contribution in [2.75, 3.05) is 7.11 Å². The molecule has 0 N–H and O–H groups in total. The van der Waals surface area contributed by atoms with Gasteiger partial charge in [-0.05, 0) is 25.2 Å². The minimum absolute atomic E-state index is 0.147. The van der Waals surface area contributed by atoms with Crippen LogP contribution in [0.5, 0.6) is 0 Å². The maximum atomic E-state index is 10.9. The predicted molar refractivity (Wildman–Crippen MR) is 42.0 cm³/mol. The average molecular weight is 152 g/mol. The second kappa shape index (κ2) is 3.06. The molecule has 0 aliphatic heterocycles. The first kappa shape index (κ1) is 8.29. The van der Waals surface area contributed by atoms with Crippen molar-refractivity contribution in [2.45, 2.75) is 31.3 Å². The number of rotatable bonds is 3. The quantitative estimate of drug-likeness (QED) is 0.448. The Hall–Kier alpha value is -0.810. The number of carbonyl (C=O) groups is 1. The van der Waals surface area contributed by atoms with Crippen molar-refractivity contribution in [2.24, 2.45) is 0 Å². The summed E-state index contributed by atoms with van der Waals surface area (Å²) in [7, 11) is 1.64. The summed E-state index contributed by atoms with van der Waals surface area (Å²) in [5.74, 6) is 1.96. The van der Waals surface area contributed by atoms with E-state index in [4.69, 9.17) is 11.2 Å². The summed E-state index contributed by atoms with van der Waals surface area (Å²) in [6, 6.07) is 0. The van der Waals surface area contributed by atoms with Crippen LogP contribution in [-0.2, 0) is 9.53 Å². The molecule has 0 radical (unpaired) electrons. The summed E-state index contributed by atoms with van der Waals surface area (Å²) < 4.78 is 5.23. The van der Waals surface area contributed by atoms with Crippen LogP contribution >= 0.6 is 0 Å². The topological polar surface area (TPSA) is 26.3 Å². The van der Waals surface area contributed by atoms with Crippen molar-refractivity contribution in [1.82, 2.24) is 0 Å². The highest BCUT2D eigenvalue weighted by Gasteiger charge is 2.38. The molecule has 1 aliphatic rings. The number of terminal acetylenes is 1. The zero-order valence-electron chi connectivity index (χ0n) is 6.72. The lowest BCUT2D eigenvalue weighted by Crippen LogP contribution is -2.40. The normalized spacial score (nSPS) is 20.0. The first-order valence-corrected chi connectivity index (χ1v) is 3.77. The van der Waals surface area contributed by atoms with E-state index in [0.29, 0.717) is 6.42 Å². The Morgan fingerprint density at radius 1 is 1.73 bits per heavy atom. The zero-order valence-corrected chi connectivity index (χ0v) is 6.72. The van der Waals surface area contributed by atoms with Crippen LogP contribution in [0.25, 0.3) is 0 Å². The average Bonchev–Trinajstić information content (AvgIpc) is 1.96. The van der Waals surface area contributed by atoms with Gasteiger partial charge in [0.05, 0.1) is 5.60 Å². The smallest absolute Gasteiger partial charge is 0.208 e. The highest BCUT2D eigenvalue weighted by atomic mass is 16.5. The Bertz CT molecular complexity index is 191. The zero-order chi connectivity index (χ0) is 8.32. The van der Waals surface area contributed by atoms with Gasteiger partial charge in [-0.3, -0.25) is 4.79 Å². The van der Waals surface area contributed by atoms with Gasteiger partial charge in [-0.25, -0.2) is 0 Å². The van der Waals surface area contributed by atoms with Gasteiger partial charge >= 0.3 is 0 Å². The van der Waals surface area contributed by atoms with Crippen molar-refractivity contribution in [3.8, 4) is 12.3 Å². The molecular weight excluding hydrogens is 140 g/mol. The fourth-order valence-corrected chi connectivity index (χ4v) is 1.37. The maximum absolute atomic E-state index is 10.9. The summed E-state index contributed by atoms with van der Waals surface area (Å²) >= 11 is 0. The van der Waals surface area contributed by atoms with Gasteiger partial charge in [-0.1, -0.05) is 0 Å². The summed E-state index contributed by atoms with van der Waals surface area (Å²) in [6.45, 7) is 0. The summed E-state index contributed by atoms with van der Waals surface area (Å²) in [6.07, 6.45) is 8.43. The summed E-state index contributed by atoms with van der Waals surface area (Å²) in [4.78, 5) is 10.9. The van der Waals surface area contributed by atoms with Crippen molar-refractivity contribution in [1.29, 1.82) is 0 Å². The van der Waals surface area contributed by atoms with Gasteiger partial charge in [0, 0.05) is 13.5 Å². The molecule has 0 atom stereocenters. The number of ether oxygens (including phenoxy) is 1. The predicted octanol–water partition coefficient (Wildman–Crippen LogP) is 1.15. The molecule has 1 fully saturated rings. The van der Waals surface area contributed by atoms with E-state index in [1.165, 1.54) is 0 Å². The van der Waals surface area contributed by atoms with Gasteiger partial charge in [-0.2, -0.15) is 0 Å². The van der Waals surface area contributed by atoms with E-state index < -0.39 is 0 Å². The largest absolute Gasteiger partial charge is 0.378 e. The van der Waals surface area contributed by atoms with E-state index in [0.717, 1.165) is 19.3 Å². The molecule has 0 aromatic rings. The van der Waals surface area contributed by atoms with Crippen LogP contribution in [0.2, 0.25) is 0 Å². The lowest BCUT2D eigenvalue weighted by molar-refractivity contribution is -0.127. The maximum Gasteiger partial charge on any atom is 0.208 e. The Labute approximate surface area is 66.9 Å². The number of hydrogen-bond donors (Lipinski definition) is 0. The first-order chi connectivity index (χ1) is 5.22. The minimum atomic E-state index is -0.205. The number of carbonyl (C=O) groups excluding carboxylic acids is 1. The SMILES string of the molecule is C#CC(=O)CC1(OC)CCC1. The molecule has 0 aromatic carbocycles. The molecule has 1 saturated carbocycles. The fourth-order valence-electron chi connectivity index (χ4n) is 1.37. The second-order valence-corrected chi connectivity index (χ2v) is 2.98. The highest BCUT2D eigenvalue weighted by Crippen LogP contribution is 2.37. The first-order valence-electron chi connectivity index (χ1n) is 3.77. The van der Waals surface area contributed by atoms with E-state index in [-0.39, 0.29) is 11.4 Å². The standard InChI is InChI=1S/C9H12O2/c1-3-8(10)7-9(11-2)5-4-6-9/h1H,4-7H2,2H3. The second-order valence-electron chi connectivity index (χ2n) is 2.98. The molecule has 2 nitrogen and oxygen atoms in total. The van der Waals surface area contributed by atoms with Crippen LogP contribution in [0.3, 0.4) is 0 Å². The van der Waals surface area contributed by atoms with Crippen LogP contribution < -0.4 is 0 Å². The van der Waals surface area contributed by atoms with Crippen molar-refractivity contribution in [3.63, 3.8) is 0 Å². The molecule has 0 amide bonds. The van der Waals surface area contributed by atoms with Crippen LogP contribution in [0.1, 0.15) is 25.7 Å². The van der Waals surface area contributed by atoms with Crippen LogP contribution in [0.4, 0.5) is 0 Å². The van der Waals surface area contributed by atoms with Crippen LogP contribution in [-0.4, -0.2) is 18.5 Å². The molecular formula is C9H12O2. The third kappa shape index (κ3) is 1.61. The van der Waals surface area contributed by atoms with E-state index in [1.807, 2.05) is 0 Å². The molecule has 0 heterocycles. The van der Waals surface area contributed by atoms with E-state index in [2.05, 4.69) is 5.92 Å². The summed E-state index contributed by atoms with van der Waals surface area (Å²) in [5.41, 5.74) is -0.205. The monoisotopic (exact) mass is 152 g/mol. The number of ketones is 1. The molecule has 1 aliphatic carbocycles. The molecule has 11 heavy (non-hydrogen) atoms. The lowest BCUT2D eigenvalue weighted by Gasteiger charge is -2.39. The van der Waals surface area contributed by atoms with Crippen molar-refractivity contribution >= 4 is 5.78 Å². The molecule has 0 spiro atoms. The molecule has 0 aromatic heterocycles. The van der Waals surface area contributed by atoms with Gasteiger partial charge < -0.3 is 4.74 Å². The van der Waals surface area contributed by atoms with Gasteiger partial charge in [0.1, 0.15) is 0 Å². The molecule has 60 valence electrons. The van der Waals surface area contributed by atoms with E-state index in [1.54, 1.807) is 7.11 Å². The van der Waals surface area contributed by atoms with Gasteiger partial charge in [0.15, 0.2) is 0 Å². The molecule has 0 bridgehead atoms. The highest BCUT2D eigenvalue weighted by molar-refractivity contribution is 5.95. The van der Waals surface area contributed by atoms with Gasteiger partial charge in [0.25, 0.3) is 0 Å². The number of methoxy groups -OCH3 is 1. The minimum Gasteiger partial charge on any atom is -0.378 e. The number of Topliss-reactive ketones (excluding diaryl/α,β-unsaturated/α-hetero) is 1. The molecule has 1 rings (SSSR count). The fraction of sp³-hybridized carbons (Fsp3) is 0.667. The van der Waals surface area contributed by atoms with E-state index in [9.17, 15) is 4.79 Å². The Balaban J connectivity index is 2.46. The molecule has 0 unspecified atom stereocenters. The van der Waals surface area contributed by atoms with Crippen LogP contribution in [0.15, 0.2) is 0 Å². The lowest BCUT2D eigenvalue weighted by atomic mass is 9.76. The third-order valence-corrected chi connectivity index (χ3v) is 2.34. The van der Waals surface area contributed by atoms with Crippen LogP contribution in [0, 0.1) is 12.3 Å². The Kier molecular flexibility index (Phi) is 2.31. The van der Waals surface area contributed by atoms with Gasteiger partial charge in [0.2, 0.25) is 5.78 Å². The molecule has 0 saturated heterocycles. The van der Waals surface area contributed by atoms with Gasteiger partial charge in [-0.15, -0.1) is 6.42 Å². The third-order valence-electron chi connectivity index (χ3n) is 2.34. The number of hydrogen-bond acceptors (Lipinski definition) is 2.